The molecule has 0 spiro atoms. The first-order chi connectivity index (χ1) is 6.22. The molecule has 0 atom stereocenters. The van der Waals surface area contributed by atoms with Gasteiger partial charge in [0.1, 0.15) is 4.32 Å². The molecule has 0 amide bonds. The summed E-state index contributed by atoms with van der Waals surface area (Å²) in [5, 5.41) is 2.94. The van der Waals surface area contributed by atoms with Crippen molar-refractivity contribution in [2.75, 3.05) is 7.05 Å². The predicted molar refractivity (Wildman–Crippen MR) is 64.1 cm³/mol. The fourth-order valence-electron chi connectivity index (χ4n) is 0.905. The van der Waals surface area contributed by atoms with E-state index in [4.69, 9.17) is 12.2 Å². The molecule has 0 aliphatic rings. The topological polar surface area (TPSA) is 12.0 Å². The van der Waals surface area contributed by atoms with Crippen LogP contribution in [0, 0.1) is 6.92 Å². The van der Waals surface area contributed by atoms with Gasteiger partial charge in [-0.2, -0.15) is 0 Å². The molecule has 0 heterocycles. The molecule has 0 saturated heterocycles. The maximum Gasteiger partial charge on any atom is 0.133 e. The Hall–Kier alpha value is -0.540. The molecule has 0 saturated carbocycles. The summed E-state index contributed by atoms with van der Waals surface area (Å²) in [5.74, 6) is 0.944. The number of hydrogen-bond donors (Lipinski definition) is 1. The highest BCUT2D eigenvalue weighted by molar-refractivity contribution is 8.22. The van der Waals surface area contributed by atoms with E-state index in [-0.39, 0.29) is 0 Å². The summed E-state index contributed by atoms with van der Waals surface area (Å²) in [7, 11) is 1.85. The standard InChI is InChI=1S/C10H13NS2/c1-8-3-5-9(6-4-8)7-13-10(12)11-2/h3-6H,7H2,1-2H3,(H,11,12). The van der Waals surface area contributed by atoms with E-state index >= 15 is 0 Å². The molecule has 0 aliphatic carbocycles. The summed E-state index contributed by atoms with van der Waals surface area (Å²) in [6.07, 6.45) is 0. The van der Waals surface area contributed by atoms with E-state index in [1.807, 2.05) is 7.05 Å². The number of rotatable bonds is 2. The predicted octanol–water partition coefficient (Wildman–Crippen LogP) is 2.73. The second-order valence-electron chi connectivity index (χ2n) is 2.81. The Balaban J connectivity index is 2.46. The molecule has 0 aromatic heterocycles. The SMILES string of the molecule is CNC(=S)SCc1ccc(C)cc1. The van der Waals surface area contributed by atoms with E-state index in [1.54, 1.807) is 11.8 Å². The minimum atomic E-state index is 0.848. The Morgan fingerprint density at radius 3 is 2.54 bits per heavy atom. The summed E-state index contributed by atoms with van der Waals surface area (Å²) in [6, 6.07) is 8.53. The van der Waals surface area contributed by atoms with Crippen LogP contribution >= 0.6 is 24.0 Å². The molecule has 1 N–H and O–H groups in total. The van der Waals surface area contributed by atoms with Crippen LogP contribution in [0.3, 0.4) is 0 Å². The number of aryl methyl sites for hydroxylation is 1. The summed E-state index contributed by atoms with van der Waals surface area (Å²) in [5.41, 5.74) is 2.61. The van der Waals surface area contributed by atoms with Crippen LogP contribution in [0.5, 0.6) is 0 Å². The van der Waals surface area contributed by atoms with E-state index in [0.717, 1.165) is 10.1 Å². The Bertz CT molecular complexity index is 279. The first-order valence-electron chi connectivity index (χ1n) is 4.12. The molecule has 13 heavy (non-hydrogen) atoms. The first-order valence-corrected chi connectivity index (χ1v) is 5.52. The largest absolute Gasteiger partial charge is 0.374 e. The molecule has 1 rings (SSSR count). The van der Waals surface area contributed by atoms with Crippen LogP contribution in [0.2, 0.25) is 0 Å². The Kier molecular flexibility index (Phi) is 4.25. The lowest BCUT2D eigenvalue weighted by Crippen LogP contribution is -2.10. The average molecular weight is 211 g/mol. The van der Waals surface area contributed by atoms with E-state index in [1.165, 1.54) is 11.1 Å². The number of nitrogens with one attached hydrogen (secondary N) is 1. The summed E-state index contributed by atoms with van der Waals surface area (Å²) in [6.45, 7) is 2.09. The van der Waals surface area contributed by atoms with Gasteiger partial charge in [-0.3, -0.25) is 0 Å². The van der Waals surface area contributed by atoms with Crippen LogP contribution in [-0.4, -0.2) is 11.4 Å². The van der Waals surface area contributed by atoms with Gasteiger partial charge in [0.05, 0.1) is 0 Å². The van der Waals surface area contributed by atoms with Gasteiger partial charge in [-0.05, 0) is 12.5 Å². The minimum absolute atomic E-state index is 0.848. The maximum atomic E-state index is 5.03. The van der Waals surface area contributed by atoms with Gasteiger partial charge < -0.3 is 5.32 Å². The van der Waals surface area contributed by atoms with Crippen LogP contribution in [0.4, 0.5) is 0 Å². The van der Waals surface area contributed by atoms with Gasteiger partial charge in [0.15, 0.2) is 0 Å². The zero-order valence-electron chi connectivity index (χ0n) is 7.83. The molecule has 0 aliphatic heterocycles. The molecule has 0 bridgehead atoms. The summed E-state index contributed by atoms with van der Waals surface area (Å²) < 4.78 is 0.848. The maximum absolute atomic E-state index is 5.03. The third-order valence-electron chi connectivity index (χ3n) is 1.69. The van der Waals surface area contributed by atoms with Crippen molar-refractivity contribution in [2.24, 2.45) is 0 Å². The van der Waals surface area contributed by atoms with Crippen molar-refractivity contribution in [3.05, 3.63) is 35.4 Å². The molecule has 70 valence electrons. The monoisotopic (exact) mass is 211 g/mol. The third kappa shape index (κ3) is 3.79. The Morgan fingerprint density at radius 1 is 1.38 bits per heavy atom. The van der Waals surface area contributed by atoms with E-state index in [0.29, 0.717) is 0 Å². The lowest BCUT2D eigenvalue weighted by atomic mass is 10.2. The van der Waals surface area contributed by atoms with Crippen LogP contribution < -0.4 is 5.32 Å². The smallest absolute Gasteiger partial charge is 0.133 e. The third-order valence-corrected chi connectivity index (χ3v) is 3.20. The van der Waals surface area contributed by atoms with E-state index in [9.17, 15) is 0 Å². The quantitative estimate of drug-likeness (QED) is 0.755. The summed E-state index contributed by atoms with van der Waals surface area (Å²) in [4.78, 5) is 0. The number of thiocarbonyl (C=S) groups is 1. The van der Waals surface area contributed by atoms with Crippen LogP contribution in [0.15, 0.2) is 24.3 Å². The van der Waals surface area contributed by atoms with Gasteiger partial charge >= 0.3 is 0 Å². The normalized spacial score (nSPS) is 9.69. The highest BCUT2D eigenvalue weighted by atomic mass is 32.2. The number of thioether (sulfide) groups is 1. The van der Waals surface area contributed by atoms with Crippen molar-refractivity contribution < 1.29 is 0 Å². The van der Waals surface area contributed by atoms with Crippen molar-refractivity contribution >= 4 is 28.3 Å². The molecular weight excluding hydrogens is 198 g/mol. The zero-order valence-corrected chi connectivity index (χ0v) is 9.47. The molecule has 1 aromatic rings. The molecular formula is C10H13NS2. The molecule has 0 radical (unpaired) electrons. The van der Waals surface area contributed by atoms with Gasteiger partial charge in [-0.15, -0.1) is 0 Å². The fourth-order valence-corrected chi connectivity index (χ4v) is 1.72. The van der Waals surface area contributed by atoms with Crippen molar-refractivity contribution in [1.82, 2.24) is 5.32 Å². The van der Waals surface area contributed by atoms with Gasteiger partial charge in [0.25, 0.3) is 0 Å². The van der Waals surface area contributed by atoms with Crippen molar-refractivity contribution in [1.29, 1.82) is 0 Å². The Morgan fingerprint density at radius 2 is 2.00 bits per heavy atom. The highest BCUT2D eigenvalue weighted by Gasteiger charge is 1.95. The van der Waals surface area contributed by atoms with Crippen molar-refractivity contribution in [2.45, 2.75) is 12.7 Å². The molecule has 3 heteroatoms. The van der Waals surface area contributed by atoms with Crippen LogP contribution in [0.25, 0.3) is 0 Å². The number of hydrogen-bond acceptors (Lipinski definition) is 2. The van der Waals surface area contributed by atoms with Crippen LogP contribution in [-0.2, 0) is 5.75 Å². The van der Waals surface area contributed by atoms with E-state index in [2.05, 4.69) is 36.5 Å². The second kappa shape index (κ2) is 5.25. The van der Waals surface area contributed by atoms with Gasteiger partial charge in [0, 0.05) is 12.8 Å². The van der Waals surface area contributed by atoms with Gasteiger partial charge in [-0.25, -0.2) is 0 Å². The van der Waals surface area contributed by atoms with Gasteiger partial charge in [0.2, 0.25) is 0 Å². The molecule has 0 unspecified atom stereocenters. The average Bonchev–Trinajstić information content (AvgIpc) is 2.16. The number of benzene rings is 1. The lowest BCUT2D eigenvalue weighted by molar-refractivity contribution is 1.23. The minimum Gasteiger partial charge on any atom is -0.374 e. The second-order valence-corrected chi connectivity index (χ2v) is 4.46. The Labute approximate surface area is 88.9 Å². The van der Waals surface area contributed by atoms with E-state index < -0.39 is 0 Å². The highest BCUT2D eigenvalue weighted by Crippen LogP contribution is 2.13. The summed E-state index contributed by atoms with van der Waals surface area (Å²) >= 11 is 6.69. The molecule has 1 nitrogen and oxygen atoms in total. The molecule has 0 fully saturated rings. The fraction of sp³-hybridized carbons (Fsp3) is 0.300. The van der Waals surface area contributed by atoms with Crippen molar-refractivity contribution in [3.63, 3.8) is 0 Å². The van der Waals surface area contributed by atoms with Gasteiger partial charge in [-0.1, -0.05) is 53.8 Å². The first kappa shape index (κ1) is 10.5. The lowest BCUT2D eigenvalue weighted by Gasteiger charge is -2.02. The van der Waals surface area contributed by atoms with Crippen LogP contribution in [0.1, 0.15) is 11.1 Å². The van der Waals surface area contributed by atoms with Crippen molar-refractivity contribution in [3.8, 4) is 0 Å². The zero-order chi connectivity index (χ0) is 9.68. The molecule has 1 aromatic carbocycles.